The van der Waals surface area contributed by atoms with Crippen LogP contribution in [-0.4, -0.2) is 28.5 Å². The second kappa shape index (κ2) is 5.60. The van der Waals surface area contributed by atoms with Gasteiger partial charge in [-0.2, -0.15) is 0 Å². The number of aryl methyl sites for hydroxylation is 1. The number of anilines is 1. The van der Waals surface area contributed by atoms with Crippen LogP contribution in [0.5, 0.6) is 0 Å². The summed E-state index contributed by atoms with van der Waals surface area (Å²) >= 11 is 0. The van der Waals surface area contributed by atoms with Crippen LogP contribution < -0.4 is 10.9 Å². The summed E-state index contributed by atoms with van der Waals surface area (Å²) in [6.45, 7) is 3.78. The first-order valence-electron chi connectivity index (χ1n) is 7.13. The Labute approximate surface area is 131 Å². The number of carbonyl (C=O) groups is 2. The van der Waals surface area contributed by atoms with Crippen molar-refractivity contribution in [1.29, 1.82) is 0 Å². The zero-order valence-electron chi connectivity index (χ0n) is 12.6. The van der Waals surface area contributed by atoms with Crippen LogP contribution in [0.3, 0.4) is 0 Å². The molecule has 0 saturated carbocycles. The number of ether oxygens (including phenoxy) is 1. The number of fused-ring (bicyclic) bond motifs is 1. The first-order chi connectivity index (χ1) is 11.0. The summed E-state index contributed by atoms with van der Waals surface area (Å²) in [5.41, 5.74) is 2.48. The van der Waals surface area contributed by atoms with Crippen LogP contribution in [0.15, 0.2) is 23.0 Å². The van der Waals surface area contributed by atoms with Crippen molar-refractivity contribution in [3.05, 3.63) is 51.2 Å². The zero-order chi connectivity index (χ0) is 16.6. The van der Waals surface area contributed by atoms with Gasteiger partial charge in [0.15, 0.2) is 0 Å². The average molecular weight is 313 g/mol. The Bertz CT molecular complexity index is 889. The average Bonchev–Trinajstić information content (AvgIpc) is 3.01. The minimum absolute atomic E-state index is 0.260. The maximum absolute atomic E-state index is 12.1. The van der Waals surface area contributed by atoms with E-state index in [0.29, 0.717) is 22.6 Å². The van der Waals surface area contributed by atoms with E-state index >= 15 is 0 Å². The van der Waals surface area contributed by atoms with Crippen LogP contribution in [0, 0.1) is 6.92 Å². The highest BCUT2D eigenvalue weighted by Crippen LogP contribution is 2.30. The smallest absolute Gasteiger partial charge is 0.340 e. The van der Waals surface area contributed by atoms with E-state index in [1.54, 1.807) is 26.0 Å². The number of amides is 1. The molecule has 0 aromatic carbocycles. The first kappa shape index (κ1) is 14.8. The lowest BCUT2D eigenvalue weighted by Crippen LogP contribution is -2.07. The summed E-state index contributed by atoms with van der Waals surface area (Å²) in [7, 11) is 0. The van der Waals surface area contributed by atoms with E-state index in [4.69, 9.17) is 4.74 Å². The van der Waals surface area contributed by atoms with E-state index in [9.17, 15) is 14.4 Å². The van der Waals surface area contributed by atoms with E-state index < -0.39 is 5.97 Å². The lowest BCUT2D eigenvalue weighted by Gasteiger charge is -2.02. The third-order valence-corrected chi connectivity index (χ3v) is 3.45. The van der Waals surface area contributed by atoms with Crippen molar-refractivity contribution in [3.63, 3.8) is 0 Å². The monoisotopic (exact) mass is 313 g/mol. The highest BCUT2D eigenvalue weighted by molar-refractivity contribution is 6.34. The predicted molar refractivity (Wildman–Crippen MR) is 85.0 cm³/mol. The molecule has 0 aliphatic carbocycles. The highest BCUT2D eigenvalue weighted by Gasteiger charge is 2.26. The number of hydrogen-bond donors (Lipinski definition) is 3. The topological polar surface area (TPSA) is 104 Å². The third kappa shape index (κ3) is 2.68. The summed E-state index contributed by atoms with van der Waals surface area (Å²) < 4.78 is 5.02. The Balaban J connectivity index is 2.10. The summed E-state index contributed by atoms with van der Waals surface area (Å²) in [6, 6.07) is 4.54. The molecule has 0 spiro atoms. The molecule has 1 amide bonds. The predicted octanol–water partition coefficient (Wildman–Crippen LogP) is 1.68. The van der Waals surface area contributed by atoms with E-state index in [2.05, 4.69) is 15.3 Å². The molecule has 0 unspecified atom stereocenters. The van der Waals surface area contributed by atoms with Gasteiger partial charge in [-0.05, 0) is 32.1 Å². The molecule has 0 bridgehead atoms. The largest absolute Gasteiger partial charge is 0.462 e. The molecule has 118 valence electrons. The second-order valence-corrected chi connectivity index (χ2v) is 5.12. The van der Waals surface area contributed by atoms with E-state index in [-0.39, 0.29) is 23.6 Å². The minimum Gasteiger partial charge on any atom is -0.462 e. The molecule has 1 aliphatic heterocycles. The Kier molecular flexibility index (Phi) is 3.61. The number of pyridine rings is 1. The minimum atomic E-state index is -0.469. The fourth-order valence-corrected chi connectivity index (χ4v) is 2.48. The molecule has 0 radical (unpaired) electrons. The lowest BCUT2D eigenvalue weighted by molar-refractivity contribution is -0.110. The SMILES string of the molecule is CCOC(=O)c1cc(C)[nH]c1/C=C1\C(=O)Nc2ccc(=O)[nH]c21. The Hall–Kier alpha value is -3.09. The molecule has 2 aromatic rings. The van der Waals surface area contributed by atoms with Gasteiger partial charge in [-0.15, -0.1) is 0 Å². The van der Waals surface area contributed by atoms with Gasteiger partial charge in [0, 0.05) is 11.8 Å². The van der Waals surface area contributed by atoms with Gasteiger partial charge in [0.2, 0.25) is 5.56 Å². The fourth-order valence-electron chi connectivity index (χ4n) is 2.48. The summed E-state index contributed by atoms with van der Waals surface area (Å²) in [6.07, 6.45) is 1.54. The molecule has 1 aliphatic rings. The van der Waals surface area contributed by atoms with Crippen LogP contribution in [0.2, 0.25) is 0 Å². The highest BCUT2D eigenvalue weighted by atomic mass is 16.5. The van der Waals surface area contributed by atoms with Gasteiger partial charge < -0.3 is 20.0 Å². The van der Waals surface area contributed by atoms with Crippen LogP contribution in [0.4, 0.5) is 5.69 Å². The Morgan fingerprint density at radius 2 is 2.04 bits per heavy atom. The molecule has 0 atom stereocenters. The summed E-state index contributed by atoms with van der Waals surface area (Å²) in [4.78, 5) is 41.3. The molecule has 7 heteroatoms. The first-order valence-corrected chi connectivity index (χ1v) is 7.13. The van der Waals surface area contributed by atoms with Crippen LogP contribution in [0.1, 0.15) is 34.4 Å². The number of hydrogen-bond acceptors (Lipinski definition) is 4. The van der Waals surface area contributed by atoms with Gasteiger partial charge in [-0.25, -0.2) is 4.79 Å². The van der Waals surface area contributed by atoms with Crippen molar-refractivity contribution in [2.75, 3.05) is 11.9 Å². The van der Waals surface area contributed by atoms with E-state index in [1.807, 2.05) is 0 Å². The van der Waals surface area contributed by atoms with Gasteiger partial charge in [-0.1, -0.05) is 0 Å². The quantitative estimate of drug-likeness (QED) is 0.592. The van der Waals surface area contributed by atoms with Crippen LogP contribution >= 0.6 is 0 Å². The van der Waals surface area contributed by atoms with Crippen LogP contribution in [-0.2, 0) is 9.53 Å². The van der Waals surface area contributed by atoms with Crippen LogP contribution in [0.25, 0.3) is 11.6 Å². The van der Waals surface area contributed by atoms with Crippen molar-refractivity contribution in [2.24, 2.45) is 0 Å². The van der Waals surface area contributed by atoms with Crippen molar-refractivity contribution in [2.45, 2.75) is 13.8 Å². The van der Waals surface area contributed by atoms with E-state index in [0.717, 1.165) is 5.69 Å². The second-order valence-electron chi connectivity index (χ2n) is 5.12. The fraction of sp³-hybridized carbons (Fsp3) is 0.188. The molecule has 7 nitrogen and oxygen atoms in total. The number of esters is 1. The Morgan fingerprint density at radius 1 is 1.26 bits per heavy atom. The van der Waals surface area contributed by atoms with Crippen molar-refractivity contribution in [1.82, 2.24) is 9.97 Å². The van der Waals surface area contributed by atoms with Gasteiger partial charge in [0.1, 0.15) is 0 Å². The lowest BCUT2D eigenvalue weighted by atomic mass is 10.1. The molecule has 2 aromatic heterocycles. The maximum atomic E-state index is 12.1. The van der Waals surface area contributed by atoms with Gasteiger partial charge >= 0.3 is 5.97 Å². The molecule has 3 rings (SSSR count). The van der Waals surface area contributed by atoms with Crippen molar-refractivity contribution < 1.29 is 14.3 Å². The number of carbonyl (C=O) groups excluding carboxylic acids is 2. The molecule has 3 heterocycles. The third-order valence-electron chi connectivity index (χ3n) is 3.45. The molecule has 0 saturated heterocycles. The standard InChI is InChI=1S/C16H15N3O4/c1-3-23-16(22)9-6-8(2)17-12(9)7-10-14-11(18-15(10)21)4-5-13(20)19-14/h4-7,17H,3H2,1-2H3,(H,18,21)(H,19,20)/b10-7-. The number of rotatable bonds is 3. The Morgan fingerprint density at radius 3 is 2.78 bits per heavy atom. The number of nitrogens with one attached hydrogen (secondary N) is 3. The number of H-pyrrole nitrogens is 2. The molecule has 3 N–H and O–H groups in total. The van der Waals surface area contributed by atoms with Gasteiger partial charge in [0.25, 0.3) is 5.91 Å². The molecule has 0 fully saturated rings. The van der Waals surface area contributed by atoms with Gasteiger partial charge in [0.05, 0.1) is 34.8 Å². The molecular formula is C16H15N3O4. The summed E-state index contributed by atoms with van der Waals surface area (Å²) in [5.74, 6) is -0.812. The number of aromatic amines is 2. The zero-order valence-corrected chi connectivity index (χ0v) is 12.6. The molecule has 23 heavy (non-hydrogen) atoms. The van der Waals surface area contributed by atoms with Crippen molar-refractivity contribution >= 4 is 29.2 Å². The van der Waals surface area contributed by atoms with Gasteiger partial charge in [-0.3, -0.25) is 9.59 Å². The van der Waals surface area contributed by atoms with E-state index in [1.165, 1.54) is 12.1 Å². The normalized spacial score (nSPS) is 14.7. The number of aromatic nitrogens is 2. The maximum Gasteiger partial charge on any atom is 0.340 e. The molecular weight excluding hydrogens is 298 g/mol. The van der Waals surface area contributed by atoms with Crippen molar-refractivity contribution in [3.8, 4) is 0 Å². The summed E-state index contributed by atoms with van der Waals surface area (Å²) in [5, 5.41) is 2.67.